The number of hydrogen-bond donors (Lipinski definition) is 1. The zero-order valence-electron chi connectivity index (χ0n) is 18.6. The maximum Gasteiger partial charge on any atom is 0.263 e. The average molecular weight is 485 g/mol. The van der Waals surface area contributed by atoms with Gasteiger partial charge in [0.05, 0.1) is 31.9 Å². The van der Waals surface area contributed by atoms with Gasteiger partial charge >= 0.3 is 0 Å². The normalized spacial score (nSPS) is 23.1. The van der Waals surface area contributed by atoms with E-state index in [9.17, 15) is 13.0 Å². The molecule has 1 atom stereocenters. The number of benzene rings is 2. The van der Waals surface area contributed by atoms with Crippen LogP contribution in [-0.2, 0) is 16.3 Å². The van der Waals surface area contributed by atoms with Crippen LogP contribution in [0.5, 0.6) is 0 Å². The molecule has 7 nitrogen and oxygen atoms in total. The molecule has 1 aliphatic carbocycles. The van der Waals surface area contributed by atoms with Crippen molar-refractivity contribution in [3.8, 4) is 0 Å². The number of aromatic nitrogens is 2. The molecule has 3 aromatic rings. The summed E-state index contributed by atoms with van der Waals surface area (Å²) in [5.74, 6) is 1.51. The zero-order chi connectivity index (χ0) is 23.4. The lowest BCUT2D eigenvalue weighted by Gasteiger charge is -2.38. The molecule has 0 spiro atoms. The van der Waals surface area contributed by atoms with Crippen LogP contribution >= 0.6 is 0 Å². The maximum absolute atomic E-state index is 13.9. The van der Waals surface area contributed by atoms with Crippen LogP contribution in [0.2, 0.25) is 0 Å². The van der Waals surface area contributed by atoms with Gasteiger partial charge in [-0.3, -0.25) is 0 Å². The van der Waals surface area contributed by atoms with Crippen molar-refractivity contribution >= 4 is 32.4 Å². The van der Waals surface area contributed by atoms with Gasteiger partial charge in [0, 0.05) is 43.2 Å². The lowest BCUT2D eigenvalue weighted by molar-refractivity contribution is 0.151. The number of anilines is 2. The van der Waals surface area contributed by atoms with E-state index in [0.29, 0.717) is 54.6 Å². The fourth-order valence-electron chi connectivity index (χ4n) is 4.60. The second kappa shape index (κ2) is 8.13. The van der Waals surface area contributed by atoms with Gasteiger partial charge in [-0.05, 0) is 36.6 Å². The molecule has 1 aromatic heterocycles. The van der Waals surface area contributed by atoms with E-state index < -0.39 is 16.2 Å². The van der Waals surface area contributed by atoms with Gasteiger partial charge in [0.2, 0.25) is 5.95 Å². The van der Waals surface area contributed by atoms with Gasteiger partial charge in [0.25, 0.3) is 6.43 Å². The van der Waals surface area contributed by atoms with Crippen molar-refractivity contribution in [3.63, 3.8) is 0 Å². The number of alkyl halides is 2. The molecular weight excluding hydrogens is 458 g/mol. The maximum atomic E-state index is 13.9. The van der Waals surface area contributed by atoms with Crippen LogP contribution in [0.4, 0.5) is 20.5 Å². The summed E-state index contributed by atoms with van der Waals surface area (Å²) in [5.41, 5.74) is 7.50. The Morgan fingerprint density at radius 3 is 2.62 bits per heavy atom. The first-order chi connectivity index (χ1) is 16.4. The fraction of sp³-hybridized carbons (Fsp3) is 0.417. The minimum absolute atomic E-state index is 0.0329. The topological polar surface area (TPSA) is 87.7 Å². The van der Waals surface area contributed by atoms with Crippen molar-refractivity contribution in [1.29, 1.82) is 0 Å². The molecule has 2 fully saturated rings. The first kappa shape index (κ1) is 21.7. The van der Waals surface area contributed by atoms with Gasteiger partial charge in [-0.2, -0.15) is 4.98 Å². The van der Waals surface area contributed by atoms with E-state index in [1.807, 2.05) is 34.1 Å². The SMILES string of the molecule is NC1CN(c2nc(N3CCS(=O)(=NC4CC4)c4ccccc4C3)nc3ccc(C(F)F)cc23)C1. The molecule has 1 saturated heterocycles. The van der Waals surface area contributed by atoms with Crippen molar-refractivity contribution in [2.24, 2.45) is 10.1 Å². The zero-order valence-corrected chi connectivity index (χ0v) is 19.4. The highest BCUT2D eigenvalue weighted by molar-refractivity contribution is 7.93. The Labute approximate surface area is 197 Å². The molecule has 6 rings (SSSR count). The second-order valence-corrected chi connectivity index (χ2v) is 11.6. The highest BCUT2D eigenvalue weighted by atomic mass is 32.2. The van der Waals surface area contributed by atoms with Crippen molar-refractivity contribution in [2.75, 3.05) is 35.2 Å². The molecule has 0 amide bonds. The molecule has 2 aliphatic heterocycles. The molecule has 3 aliphatic rings. The summed E-state index contributed by atoms with van der Waals surface area (Å²) in [6, 6.07) is 12.5. The van der Waals surface area contributed by atoms with Gasteiger partial charge in [-0.25, -0.2) is 22.3 Å². The predicted molar refractivity (Wildman–Crippen MR) is 129 cm³/mol. The highest BCUT2D eigenvalue weighted by Gasteiger charge is 2.31. The van der Waals surface area contributed by atoms with E-state index in [2.05, 4.69) is 0 Å². The average Bonchev–Trinajstić information content (AvgIpc) is 3.63. The van der Waals surface area contributed by atoms with E-state index in [0.717, 1.165) is 23.3 Å². The summed E-state index contributed by atoms with van der Waals surface area (Å²) in [5, 5.41) is 0.594. The fourth-order valence-corrected chi connectivity index (χ4v) is 7.03. The van der Waals surface area contributed by atoms with Crippen molar-refractivity contribution < 1.29 is 13.0 Å². The monoisotopic (exact) mass is 484 g/mol. The van der Waals surface area contributed by atoms with Gasteiger partial charge < -0.3 is 15.5 Å². The standard InChI is InChI=1S/C24H26F2N6OS/c25-22(26)15-5-8-20-19(11-15)23(32-13-17(27)14-32)29-24(28-20)31-9-10-34(33,30-18-6-7-18)21-4-2-1-3-16(21)12-31/h1-5,8,11,17-18,22H,6-7,9-10,12-14,27H2. The van der Waals surface area contributed by atoms with Gasteiger partial charge in [0.1, 0.15) is 5.82 Å². The largest absolute Gasteiger partial charge is 0.353 e. The molecule has 34 heavy (non-hydrogen) atoms. The first-order valence-electron chi connectivity index (χ1n) is 11.6. The van der Waals surface area contributed by atoms with Crippen molar-refractivity contribution in [2.45, 2.75) is 42.8 Å². The Kier molecular flexibility index (Phi) is 5.18. The molecular formula is C24H26F2N6OS. The third-order valence-electron chi connectivity index (χ3n) is 6.61. The lowest BCUT2D eigenvalue weighted by Crippen LogP contribution is -2.56. The molecule has 1 saturated carbocycles. The third kappa shape index (κ3) is 3.88. The summed E-state index contributed by atoms with van der Waals surface area (Å²) in [6.07, 6.45) is -0.571. The van der Waals surface area contributed by atoms with Gasteiger partial charge in [0.15, 0.2) is 0 Å². The molecule has 178 valence electrons. The third-order valence-corrected chi connectivity index (χ3v) is 9.07. The molecule has 1 unspecified atom stereocenters. The van der Waals surface area contributed by atoms with Crippen LogP contribution in [0.25, 0.3) is 10.9 Å². The summed E-state index contributed by atoms with van der Waals surface area (Å²) >= 11 is 0. The van der Waals surface area contributed by atoms with Crippen molar-refractivity contribution in [3.05, 3.63) is 53.6 Å². The summed E-state index contributed by atoms with van der Waals surface area (Å²) in [6.45, 7) is 2.22. The number of hydrogen-bond acceptors (Lipinski definition) is 7. The number of fused-ring (bicyclic) bond motifs is 2. The first-order valence-corrected chi connectivity index (χ1v) is 13.3. The Bertz CT molecular complexity index is 1380. The van der Waals surface area contributed by atoms with E-state index in [1.54, 1.807) is 6.07 Å². The number of rotatable bonds is 4. The smallest absolute Gasteiger partial charge is 0.263 e. The predicted octanol–water partition coefficient (Wildman–Crippen LogP) is 3.72. The van der Waals surface area contributed by atoms with Crippen molar-refractivity contribution in [1.82, 2.24) is 9.97 Å². The molecule has 2 aromatic carbocycles. The molecule has 2 N–H and O–H groups in total. The van der Waals surface area contributed by atoms with E-state index in [-0.39, 0.29) is 17.6 Å². The number of nitrogens with zero attached hydrogens (tertiary/aromatic N) is 5. The van der Waals surface area contributed by atoms with Crippen LogP contribution < -0.4 is 15.5 Å². The summed E-state index contributed by atoms with van der Waals surface area (Å²) < 4.78 is 45.4. The van der Waals surface area contributed by atoms with Crippen LogP contribution in [0.15, 0.2) is 51.7 Å². The molecule has 3 heterocycles. The van der Waals surface area contributed by atoms with E-state index in [1.165, 1.54) is 12.1 Å². The number of halogens is 2. The van der Waals surface area contributed by atoms with Crippen LogP contribution in [0.3, 0.4) is 0 Å². The van der Waals surface area contributed by atoms with Crippen LogP contribution in [0, 0.1) is 0 Å². The quantitative estimate of drug-likeness (QED) is 0.607. The Hall–Kier alpha value is -2.85. The Morgan fingerprint density at radius 1 is 1.09 bits per heavy atom. The second-order valence-electron chi connectivity index (χ2n) is 9.30. The molecule has 0 bridgehead atoms. The minimum atomic E-state index is -2.57. The Morgan fingerprint density at radius 2 is 1.88 bits per heavy atom. The van der Waals surface area contributed by atoms with Crippen LogP contribution in [-0.4, -0.2) is 51.6 Å². The summed E-state index contributed by atoms with van der Waals surface area (Å²) in [7, 11) is -2.53. The summed E-state index contributed by atoms with van der Waals surface area (Å²) in [4.78, 5) is 14.4. The lowest BCUT2D eigenvalue weighted by atomic mass is 10.1. The molecule has 10 heteroatoms. The van der Waals surface area contributed by atoms with Crippen LogP contribution in [0.1, 0.15) is 30.4 Å². The van der Waals surface area contributed by atoms with E-state index in [4.69, 9.17) is 20.1 Å². The van der Waals surface area contributed by atoms with Gasteiger partial charge in [-0.1, -0.05) is 24.3 Å². The minimum Gasteiger partial charge on any atom is -0.353 e. The number of nitrogens with two attached hydrogens (primary N) is 1. The highest BCUT2D eigenvalue weighted by Crippen LogP contribution is 2.35. The Balaban J connectivity index is 1.44. The molecule has 0 radical (unpaired) electrons. The van der Waals surface area contributed by atoms with Gasteiger partial charge in [-0.15, -0.1) is 0 Å². The van der Waals surface area contributed by atoms with E-state index >= 15 is 0 Å².